The van der Waals surface area contributed by atoms with Crippen molar-refractivity contribution < 1.29 is 26.8 Å². The van der Waals surface area contributed by atoms with Crippen LogP contribution in [0.2, 0.25) is 0 Å². The van der Waals surface area contributed by atoms with Crippen LogP contribution in [0.5, 0.6) is 0 Å². The average molecular weight is 487 g/mol. The second kappa shape index (κ2) is 10.5. The molecule has 0 spiro atoms. The van der Waals surface area contributed by atoms with Crippen LogP contribution in [0, 0.1) is 11.6 Å². The molecule has 1 heterocycles. The summed E-state index contributed by atoms with van der Waals surface area (Å²) in [4.78, 5) is 26.2. The number of amides is 1. The number of hydrogen-bond donors (Lipinski definition) is 1. The van der Waals surface area contributed by atoms with E-state index in [9.17, 15) is 26.8 Å². The number of benzene rings is 2. The molecule has 1 aliphatic rings. The maximum atomic E-state index is 14.7. The second-order valence-electron chi connectivity index (χ2n) is 7.62. The van der Waals surface area contributed by atoms with Gasteiger partial charge in [-0.2, -0.15) is 0 Å². The number of Topliss-reactive ketones (excluding diaryl/α,β-unsaturated/α-hetero) is 1. The molecule has 0 aliphatic carbocycles. The lowest BCUT2D eigenvalue weighted by Gasteiger charge is -2.25. The van der Waals surface area contributed by atoms with Gasteiger partial charge in [0.2, 0.25) is 5.91 Å². The fourth-order valence-electron chi connectivity index (χ4n) is 3.54. The van der Waals surface area contributed by atoms with E-state index in [-0.39, 0.29) is 36.6 Å². The Labute approximate surface area is 192 Å². The van der Waals surface area contributed by atoms with Gasteiger partial charge in [-0.1, -0.05) is 31.9 Å². The smallest absolute Gasteiger partial charge is 0.245 e. The largest absolute Gasteiger partial charge is 0.319 e. The van der Waals surface area contributed by atoms with Crippen LogP contribution < -0.4 is 10.6 Å². The van der Waals surface area contributed by atoms with Gasteiger partial charge < -0.3 is 10.6 Å². The highest BCUT2D eigenvalue weighted by Crippen LogP contribution is 2.34. The Bertz CT molecular complexity index is 1110. The number of nitrogens with zero attached hydrogens (tertiary/aromatic N) is 1. The summed E-state index contributed by atoms with van der Waals surface area (Å²) in [7, 11) is -4.08. The predicted molar refractivity (Wildman–Crippen MR) is 120 cm³/mol. The van der Waals surface area contributed by atoms with Gasteiger partial charge in [-0.3, -0.25) is 9.59 Å². The normalized spacial score (nSPS) is 17.3. The first-order valence-electron chi connectivity index (χ1n) is 10.0. The molecule has 0 unspecified atom stereocenters. The van der Waals surface area contributed by atoms with Gasteiger partial charge in [0.1, 0.15) is 11.6 Å². The molecule has 10 heteroatoms. The Morgan fingerprint density at radius 2 is 1.81 bits per heavy atom. The van der Waals surface area contributed by atoms with Crippen LogP contribution >= 0.6 is 12.4 Å². The van der Waals surface area contributed by atoms with Crippen molar-refractivity contribution in [2.24, 2.45) is 5.73 Å². The minimum atomic E-state index is -4.08. The first kappa shape index (κ1) is 25.9. The van der Waals surface area contributed by atoms with Crippen LogP contribution in [0.4, 0.5) is 14.5 Å². The molecule has 2 N–H and O–H groups in total. The minimum Gasteiger partial charge on any atom is -0.319 e. The fourth-order valence-corrected chi connectivity index (χ4v) is 5.11. The molecule has 0 saturated carbocycles. The summed E-state index contributed by atoms with van der Waals surface area (Å²) in [5, 5.41) is 0. The van der Waals surface area contributed by atoms with E-state index in [1.165, 1.54) is 24.3 Å². The SMILES string of the molecule is CCCCCC(=O)c1cc2c(cc1F)S(=O)(=O)C[C@H](N)C(=O)N2Cc1ccc(F)cc1.Cl. The maximum absolute atomic E-state index is 14.7. The monoisotopic (exact) mass is 486 g/mol. The number of halogens is 3. The highest BCUT2D eigenvalue weighted by atomic mass is 35.5. The number of carbonyl (C=O) groups is 2. The molecule has 174 valence electrons. The average Bonchev–Trinajstić information content (AvgIpc) is 2.78. The lowest BCUT2D eigenvalue weighted by Crippen LogP contribution is -2.45. The summed E-state index contributed by atoms with van der Waals surface area (Å²) in [6.45, 7) is 1.87. The predicted octanol–water partition coefficient (Wildman–Crippen LogP) is 3.80. The van der Waals surface area contributed by atoms with Crippen LogP contribution in [-0.2, 0) is 21.2 Å². The number of carbonyl (C=O) groups excluding carboxylic acids is 2. The molecule has 0 fully saturated rings. The van der Waals surface area contributed by atoms with Crippen molar-refractivity contribution in [3.05, 3.63) is 59.2 Å². The van der Waals surface area contributed by atoms with Crippen molar-refractivity contribution in [2.45, 2.75) is 50.1 Å². The van der Waals surface area contributed by atoms with Gasteiger partial charge in [-0.25, -0.2) is 17.2 Å². The third-order valence-corrected chi connectivity index (χ3v) is 7.01. The summed E-state index contributed by atoms with van der Waals surface area (Å²) in [6, 6.07) is 5.88. The Morgan fingerprint density at radius 3 is 2.44 bits per heavy atom. The second-order valence-corrected chi connectivity index (χ2v) is 9.62. The van der Waals surface area contributed by atoms with Crippen LogP contribution in [0.3, 0.4) is 0 Å². The van der Waals surface area contributed by atoms with Crippen molar-refractivity contribution in [1.82, 2.24) is 0 Å². The van der Waals surface area contributed by atoms with Gasteiger partial charge in [0, 0.05) is 6.42 Å². The van der Waals surface area contributed by atoms with Gasteiger partial charge in [0.25, 0.3) is 0 Å². The quantitative estimate of drug-likeness (QED) is 0.474. The van der Waals surface area contributed by atoms with Gasteiger partial charge in [0.05, 0.1) is 34.5 Å². The highest BCUT2D eigenvalue weighted by molar-refractivity contribution is 7.91. The number of hydrogen-bond acceptors (Lipinski definition) is 5. The molecular weight excluding hydrogens is 462 g/mol. The van der Waals surface area contributed by atoms with E-state index in [4.69, 9.17) is 5.73 Å². The van der Waals surface area contributed by atoms with E-state index in [0.29, 0.717) is 12.0 Å². The highest BCUT2D eigenvalue weighted by Gasteiger charge is 2.37. The minimum absolute atomic E-state index is 0. The number of anilines is 1. The molecule has 0 bridgehead atoms. The van der Waals surface area contributed by atoms with Crippen molar-refractivity contribution >= 4 is 39.6 Å². The molecule has 3 rings (SSSR count). The summed E-state index contributed by atoms with van der Waals surface area (Å²) in [6.07, 6.45) is 2.38. The van der Waals surface area contributed by atoms with Crippen LogP contribution in [0.15, 0.2) is 41.3 Å². The van der Waals surface area contributed by atoms with E-state index < -0.39 is 49.9 Å². The maximum Gasteiger partial charge on any atom is 0.245 e. The third-order valence-electron chi connectivity index (χ3n) is 5.22. The number of rotatable bonds is 7. The van der Waals surface area contributed by atoms with Gasteiger partial charge in [-0.05, 0) is 36.2 Å². The Kier molecular flexibility index (Phi) is 8.50. The Morgan fingerprint density at radius 1 is 1.16 bits per heavy atom. The van der Waals surface area contributed by atoms with E-state index in [1.54, 1.807) is 0 Å². The molecule has 6 nitrogen and oxygen atoms in total. The van der Waals surface area contributed by atoms with Crippen LogP contribution in [0.25, 0.3) is 0 Å². The van der Waals surface area contributed by atoms with E-state index in [0.717, 1.165) is 29.9 Å². The summed E-state index contributed by atoms with van der Waals surface area (Å²) in [5.41, 5.74) is 5.99. The third kappa shape index (κ3) is 5.51. The molecule has 32 heavy (non-hydrogen) atoms. The lowest BCUT2D eigenvalue weighted by molar-refractivity contribution is -0.119. The van der Waals surface area contributed by atoms with Crippen LogP contribution in [0.1, 0.15) is 48.5 Å². The Balaban J connectivity index is 0.00000363. The molecule has 1 atom stereocenters. The van der Waals surface area contributed by atoms with Gasteiger partial charge >= 0.3 is 0 Å². The molecule has 1 aliphatic heterocycles. The zero-order valence-electron chi connectivity index (χ0n) is 17.5. The van der Waals surface area contributed by atoms with E-state index in [1.807, 2.05) is 6.92 Å². The fraction of sp³-hybridized carbons (Fsp3) is 0.364. The number of nitrogens with two attached hydrogens (primary N) is 1. The molecule has 2 aromatic rings. The first-order chi connectivity index (χ1) is 14.6. The zero-order chi connectivity index (χ0) is 22.8. The molecule has 2 aromatic carbocycles. The molecule has 0 aromatic heterocycles. The standard InChI is InChI=1S/C22H24F2N2O4S.ClH/c1-2-3-4-5-20(27)16-10-19-21(11-17(16)24)31(29,30)13-18(25)22(28)26(19)12-14-6-8-15(23)9-7-14;/h6-11,18H,2-5,12-13,25H2,1H3;1H/t18-;/m0./s1. The lowest BCUT2D eigenvalue weighted by atomic mass is 10.0. The van der Waals surface area contributed by atoms with Crippen molar-refractivity contribution in [1.29, 1.82) is 0 Å². The summed E-state index contributed by atoms with van der Waals surface area (Å²) < 4.78 is 53.6. The van der Waals surface area contributed by atoms with E-state index in [2.05, 4.69) is 0 Å². The first-order valence-corrected chi connectivity index (χ1v) is 11.7. The van der Waals surface area contributed by atoms with Crippen molar-refractivity contribution in [3.8, 4) is 0 Å². The number of sulfone groups is 1. The van der Waals surface area contributed by atoms with Crippen LogP contribution in [-0.4, -0.2) is 31.9 Å². The Hall–Kier alpha value is -2.36. The molecule has 0 radical (unpaired) electrons. The van der Waals surface area contributed by atoms with E-state index >= 15 is 0 Å². The summed E-state index contributed by atoms with van der Waals surface area (Å²) >= 11 is 0. The van der Waals surface area contributed by atoms with Crippen molar-refractivity contribution in [3.63, 3.8) is 0 Å². The number of fused-ring (bicyclic) bond motifs is 1. The van der Waals surface area contributed by atoms with Crippen molar-refractivity contribution in [2.75, 3.05) is 10.7 Å². The molecular formula is C22H25ClF2N2O4S. The summed E-state index contributed by atoms with van der Waals surface area (Å²) in [5.74, 6) is -3.24. The zero-order valence-corrected chi connectivity index (χ0v) is 19.1. The number of ketones is 1. The molecule has 0 saturated heterocycles. The van der Waals surface area contributed by atoms with Gasteiger partial charge in [0.15, 0.2) is 15.6 Å². The van der Waals surface area contributed by atoms with Gasteiger partial charge in [-0.15, -0.1) is 12.4 Å². The number of unbranched alkanes of at least 4 members (excludes halogenated alkanes) is 2. The topological polar surface area (TPSA) is 97.5 Å². The molecule has 1 amide bonds.